The lowest BCUT2D eigenvalue weighted by molar-refractivity contribution is -0.148. The zero-order valence-electron chi connectivity index (χ0n) is 14.7. The van der Waals surface area contributed by atoms with Crippen molar-refractivity contribution in [3.05, 3.63) is 23.3 Å². The molecule has 1 aromatic carbocycles. The SMILES string of the molecule is CCOC(=O)C(C)Cc1cc(O)c(O)cc1CC(C)C(=O)OCC. The summed E-state index contributed by atoms with van der Waals surface area (Å²) in [6, 6.07) is 2.86. The maximum atomic E-state index is 11.8. The van der Waals surface area contributed by atoms with Crippen molar-refractivity contribution in [3.63, 3.8) is 0 Å². The first kappa shape index (κ1) is 19.8. The molecular weight excluding hydrogens is 312 g/mol. The molecule has 0 saturated heterocycles. The third kappa shape index (κ3) is 5.44. The van der Waals surface area contributed by atoms with Crippen LogP contribution >= 0.6 is 0 Å². The van der Waals surface area contributed by atoms with Gasteiger partial charge in [0.25, 0.3) is 0 Å². The van der Waals surface area contributed by atoms with Gasteiger partial charge in [-0.25, -0.2) is 0 Å². The highest BCUT2D eigenvalue weighted by Crippen LogP contribution is 2.31. The van der Waals surface area contributed by atoms with E-state index in [0.717, 1.165) is 0 Å². The largest absolute Gasteiger partial charge is 0.504 e. The van der Waals surface area contributed by atoms with Crippen LogP contribution in [-0.2, 0) is 31.9 Å². The molecular formula is C18H26O6. The minimum absolute atomic E-state index is 0.256. The number of ether oxygens (including phenoxy) is 2. The number of esters is 2. The quantitative estimate of drug-likeness (QED) is 0.559. The predicted molar refractivity (Wildman–Crippen MR) is 88.8 cm³/mol. The van der Waals surface area contributed by atoms with Gasteiger partial charge in [0.1, 0.15) is 0 Å². The molecule has 0 amide bonds. The summed E-state index contributed by atoms with van der Waals surface area (Å²) in [7, 11) is 0. The summed E-state index contributed by atoms with van der Waals surface area (Å²) in [5.74, 6) is -1.96. The van der Waals surface area contributed by atoms with E-state index in [4.69, 9.17) is 9.47 Å². The van der Waals surface area contributed by atoms with Crippen LogP contribution in [0.15, 0.2) is 12.1 Å². The van der Waals surface area contributed by atoms with Crippen molar-refractivity contribution in [3.8, 4) is 11.5 Å². The van der Waals surface area contributed by atoms with Gasteiger partial charge in [0.15, 0.2) is 11.5 Å². The highest BCUT2D eigenvalue weighted by molar-refractivity contribution is 5.73. The van der Waals surface area contributed by atoms with E-state index in [9.17, 15) is 19.8 Å². The maximum Gasteiger partial charge on any atom is 0.308 e. The third-order valence-electron chi connectivity index (χ3n) is 3.73. The molecule has 0 spiro atoms. The van der Waals surface area contributed by atoms with Crippen LogP contribution in [0.25, 0.3) is 0 Å². The second-order valence-electron chi connectivity index (χ2n) is 5.82. The molecule has 0 aliphatic rings. The van der Waals surface area contributed by atoms with E-state index in [0.29, 0.717) is 37.2 Å². The minimum atomic E-state index is -0.398. The molecule has 0 saturated carbocycles. The number of carbonyl (C=O) groups excluding carboxylic acids is 2. The number of carbonyl (C=O) groups is 2. The Kier molecular flexibility index (Phi) is 7.55. The van der Waals surface area contributed by atoms with Crippen molar-refractivity contribution in [2.45, 2.75) is 40.5 Å². The lowest BCUT2D eigenvalue weighted by Crippen LogP contribution is -2.20. The Balaban J connectivity index is 3.00. The monoisotopic (exact) mass is 338 g/mol. The third-order valence-corrected chi connectivity index (χ3v) is 3.73. The number of rotatable bonds is 8. The Morgan fingerprint density at radius 2 is 1.21 bits per heavy atom. The van der Waals surface area contributed by atoms with E-state index in [-0.39, 0.29) is 23.4 Å². The Labute approximate surface area is 142 Å². The second-order valence-corrected chi connectivity index (χ2v) is 5.82. The van der Waals surface area contributed by atoms with Gasteiger partial charge in [-0.15, -0.1) is 0 Å². The normalized spacial score (nSPS) is 13.2. The van der Waals surface area contributed by atoms with E-state index in [1.54, 1.807) is 27.7 Å². The maximum absolute atomic E-state index is 11.8. The smallest absolute Gasteiger partial charge is 0.308 e. The highest BCUT2D eigenvalue weighted by atomic mass is 16.5. The topological polar surface area (TPSA) is 93.1 Å². The summed E-state index contributed by atoms with van der Waals surface area (Å²) in [5, 5.41) is 19.5. The molecule has 1 rings (SSSR count). The molecule has 2 atom stereocenters. The van der Waals surface area contributed by atoms with Crippen LogP contribution in [0.2, 0.25) is 0 Å². The summed E-state index contributed by atoms with van der Waals surface area (Å²) in [4.78, 5) is 23.6. The Morgan fingerprint density at radius 1 is 0.875 bits per heavy atom. The first-order valence-electron chi connectivity index (χ1n) is 8.17. The number of hydrogen-bond donors (Lipinski definition) is 2. The van der Waals surface area contributed by atoms with Crippen LogP contribution in [-0.4, -0.2) is 35.4 Å². The van der Waals surface area contributed by atoms with Gasteiger partial charge in [-0.3, -0.25) is 9.59 Å². The zero-order chi connectivity index (χ0) is 18.3. The average molecular weight is 338 g/mol. The molecule has 0 heterocycles. The molecule has 0 aliphatic heterocycles. The molecule has 2 unspecified atom stereocenters. The van der Waals surface area contributed by atoms with Crippen molar-refractivity contribution in [2.24, 2.45) is 11.8 Å². The molecule has 6 heteroatoms. The van der Waals surface area contributed by atoms with Gasteiger partial charge in [0, 0.05) is 0 Å². The van der Waals surface area contributed by atoms with E-state index >= 15 is 0 Å². The van der Waals surface area contributed by atoms with Crippen molar-refractivity contribution < 1.29 is 29.3 Å². The zero-order valence-corrected chi connectivity index (χ0v) is 14.7. The molecule has 0 aliphatic carbocycles. The van der Waals surface area contributed by atoms with Gasteiger partial charge < -0.3 is 19.7 Å². The molecule has 0 radical (unpaired) electrons. The lowest BCUT2D eigenvalue weighted by Gasteiger charge is -2.17. The summed E-state index contributed by atoms with van der Waals surface area (Å²) in [6.07, 6.45) is 0.690. The van der Waals surface area contributed by atoms with E-state index in [1.165, 1.54) is 12.1 Å². The summed E-state index contributed by atoms with van der Waals surface area (Å²) in [6.45, 7) is 7.56. The van der Waals surface area contributed by atoms with Crippen LogP contribution in [0, 0.1) is 11.8 Å². The fourth-order valence-corrected chi connectivity index (χ4v) is 2.44. The molecule has 6 nitrogen and oxygen atoms in total. The van der Waals surface area contributed by atoms with Gasteiger partial charge in [0.05, 0.1) is 25.0 Å². The van der Waals surface area contributed by atoms with Gasteiger partial charge in [0.2, 0.25) is 0 Å². The Bertz CT molecular complexity index is 530. The first-order chi connectivity index (χ1) is 11.3. The van der Waals surface area contributed by atoms with Gasteiger partial charge in [-0.05, 0) is 49.9 Å². The number of phenolic OH excluding ortho intramolecular Hbond substituents is 2. The number of phenols is 2. The van der Waals surface area contributed by atoms with Crippen molar-refractivity contribution in [1.29, 1.82) is 0 Å². The van der Waals surface area contributed by atoms with Gasteiger partial charge in [-0.2, -0.15) is 0 Å². The summed E-state index contributed by atoms with van der Waals surface area (Å²) in [5.41, 5.74) is 1.39. The molecule has 0 fully saturated rings. The molecule has 2 N–H and O–H groups in total. The van der Waals surface area contributed by atoms with Crippen LogP contribution in [0.1, 0.15) is 38.8 Å². The number of aromatic hydroxyl groups is 2. The van der Waals surface area contributed by atoms with Gasteiger partial charge >= 0.3 is 11.9 Å². The number of hydrogen-bond acceptors (Lipinski definition) is 6. The summed E-state index contributed by atoms with van der Waals surface area (Å²) >= 11 is 0. The first-order valence-corrected chi connectivity index (χ1v) is 8.17. The predicted octanol–water partition coefficient (Wildman–Crippen LogP) is 2.58. The molecule has 0 aromatic heterocycles. The average Bonchev–Trinajstić information content (AvgIpc) is 2.52. The van der Waals surface area contributed by atoms with Crippen LogP contribution < -0.4 is 0 Å². The minimum Gasteiger partial charge on any atom is -0.504 e. The number of benzene rings is 1. The van der Waals surface area contributed by atoms with Gasteiger partial charge in [-0.1, -0.05) is 13.8 Å². The van der Waals surface area contributed by atoms with Crippen LogP contribution in [0.5, 0.6) is 11.5 Å². The molecule has 134 valence electrons. The van der Waals surface area contributed by atoms with Crippen LogP contribution in [0.4, 0.5) is 0 Å². The van der Waals surface area contributed by atoms with Crippen molar-refractivity contribution in [1.82, 2.24) is 0 Å². The van der Waals surface area contributed by atoms with Crippen molar-refractivity contribution >= 4 is 11.9 Å². The highest BCUT2D eigenvalue weighted by Gasteiger charge is 2.21. The van der Waals surface area contributed by atoms with E-state index in [1.807, 2.05) is 0 Å². The Morgan fingerprint density at radius 3 is 1.50 bits per heavy atom. The van der Waals surface area contributed by atoms with Crippen molar-refractivity contribution in [2.75, 3.05) is 13.2 Å². The van der Waals surface area contributed by atoms with E-state index < -0.39 is 11.8 Å². The molecule has 24 heavy (non-hydrogen) atoms. The lowest BCUT2D eigenvalue weighted by atomic mass is 9.91. The van der Waals surface area contributed by atoms with Crippen LogP contribution in [0.3, 0.4) is 0 Å². The second kappa shape index (κ2) is 9.15. The Hall–Kier alpha value is -2.24. The standard InChI is InChI=1S/C18H26O6/c1-5-23-17(21)11(3)7-13-9-15(19)16(20)10-14(13)8-12(4)18(22)24-6-2/h9-12,19-20H,5-8H2,1-4H3. The molecule has 0 bridgehead atoms. The van der Waals surface area contributed by atoms with E-state index in [2.05, 4.69) is 0 Å². The molecule has 1 aromatic rings. The summed E-state index contributed by atoms with van der Waals surface area (Å²) < 4.78 is 9.99. The fraction of sp³-hybridized carbons (Fsp3) is 0.556. The fourth-order valence-electron chi connectivity index (χ4n) is 2.44.